The molecule has 1 aromatic heterocycles. The van der Waals surface area contributed by atoms with E-state index in [-0.39, 0.29) is 11.7 Å². The predicted octanol–water partition coefficient (Wildman–Crippen LogP) is 1.02. The zero-order valence-corrected chi connectivity index (χ0v) is 11.2. The van der Waals surface area contributed by atoms with E-state index in [1.54, 1.807) is 6.92 Å². The van der Waals surface area contributed by atoms with Gasteiger partial charge in [0.05, 0.1) is 0 Å². The van der Waals surface area contributed by atoms with Crippen molar-refractivity contribution in [3.63, 3.8) is 0 Å². The molecule has 17 heavy (non-hydrogen) atoms. The van der Waals surface area contributed by atoms with Crippen LogP contribution in [0.25, 0.3) is 0 Å². The summed E-state index contributed by atoms with van der Waals surface area (Å²) in [6, 6.07) is 0. The van der Waals surface area contributed by atoms with Crippen LogP contribution in [0.5, 0.6) is 0 Å². The summed E-state index contributed by atoms with van der Waals surface area (Å²) >= 11 is 0. The van der Waals surface area contributed by atoms with Gasteiger partial charge in [-0.1, -0.05) is 12.1 Å². The average Bonchev–Trinajstić information content (AvgIpc) is 2.72. The van der Waals surface area contributed by atoms with Crippen molar-refractivity contribution in [2.24, 2.45) is 5.73 Å². The first kappa shape index (κ1) is 14.1. The van der Waals surface area contributed by atoms with Crippen LogP contribution in [-0.2, 0) is 9.84 Å². The van der Waals surface area contributed by atoms with E-state index in [0.717, 1.165) is 19.1 Å². The molecule has 2 atom stereocenters. The van der Waals surface area contributed by atoms with Crippen LogP contribution in [0.2, 0.25) is 0 Å². The maximum absolute atomic E-state index is 11.3. The van der Waals surface area contributed by atoms with Crippen molar-refractivity contribution in [3.05, 3.63) is 11.7 Å². The van der Waals surface area contributed by atoms with E-state index >= 15 is 0 Å². The Morgan fingerprint density at radius 1 is 1.41 bits per heavy atom. The van der Waals surface area contributed by atoms with E-state index in [1.807, 2.05) is 6.92 Å². The van der Waals surface area contributed by atoms with Gasteiger partial charge in [-0.15, -0.1) is 0 Å². The van der Waals surface area contributed by atoms with Gasteiger partial charge < -0.3 is 10.3 Å². The minimum absolute atomic E-state index is 0.103. The van der Waals surface area contributed by atoms with E-state index in [9.17, 15) is 8.42 Å². The fourth-order valence-corrected chi connectivity index (χ4v) is 1.83. The summed E-state index contributed by atoms with van der Waals surface area (Å²) in [6.07, 6.45) is 2.89. The van der Waals surface area contributed by atoms with E-state index in [2.05, 4.69) is 10.1 Å². The molecule has 98 valence electrons. The SMILES string of the molecule is CC(CCCN)c1nc(C(C)S(C)(=O)=O)no1. The van der Waals surface area contributed by atoms with Gasteiger partial charge in [0.25, 0.3) is 0 Å². The predicted molar refractivity (Wildman–Crippen MR) is 64.3 cm³/mol. The van der Waals surface area contributed by atoms with Crippen LogP contribution in [0.15, 0.2) is 4.52 Å². The van der Waals surface area contributed by atoms with Crippen LogP contribution in [-0.4, -0.2) is 31.4 Å². The maximum Gasteiger partial charge on any atom is 0.229 e. The zero-order valence-electron chi connectivity index (χ0n) is 10.4. The Morgan fingerprint density at radius 3 is 2.59 bits per heavy atom. The number of aromatic nitrogens is 2. The molecule has 0 aromatic carbocycles. The highest BCUT2D eigenvalue weighted by molar-refractivity contribution is 7.90. The Labute approximate surface area is 102 Å². The lowest BCUT2D eigenvalue weighted by atomic mass is 10.1. The second-order valence-electron chi connectivity index (χ2n) is 4.29. The van der Waals surface area contributed by atoms with Gasteiger partial charge in [0, 0.05) is 12.2 Å². The minimum atomic E-state index is -3.19. The first-order chi connectivity index (χ1) is 7.86. The summed E-state index contributed by atoms with van der Waals surface area (Å²) in [4.78, 5) is 4.13. The van der Waals surface area contributed by atoms with Crippen molar-refractivity contribution in [2.75, 3.05) is 12.8 Å². The van der Waals surface area contributed by atoms with Gasteiger partial charge in [0.15, 0.2) is 15.7 Å². The molecular formula is C10H19N3O3S. The van der Waals surface area contributed by atoms with E-state index in [0.29, 0.717) is 12.4 Å². The van der Waals surface area contributed by atoms with Gasteiger partial charge >= 0.3 is 0 Å². The van der Waals surface area contributed by atoms with Crippen molar-refractivity contribution in [1.29, 1.82) is 0 Å². The molecule has 7 heteroatoms. The van der Waals surface area contributed by atoms with Crippen LogP contribution in [0, 0.1) is 0 Å². The number of rotatable bonds is 6. The lowest BCUT2D eigenvalue weighted by molar-refractivity contribution is 0.348. The molecule has 2 unspecified atom stereocenters. The number of nitrogens with two attached hydrogens (primary N) is 1. The number of hydrogen-bond acceptors (Lipinski definition) is 6. The molecule has 0 saturated carbocycles. The van der Waals surface area contributed by atoms with E-state index in [4.69, 9.17) is 10.3 Å². The van der Waals surface area contributed by atoms with Crippen molar-refractivity contribution in [1.82, 2.24) is 10.1 Å². The van der Waals surface area contributed by atoms with E-state index in [1.165, 1.54) is 0 Å². The third-order valence-electron chi connectivity index (χ3n) is 2.73. The van der Waals surface area contributed by atoms with Crippen molar-refractivity contribution >= 4 is 9.84 Å². The molecule has 1 heterocycles. The Morgan fingerprint density at radius 2 is 2.06 bits per heavy atom. The molecule has 0 radical (unpaired) electrons. The minimum Gasteiger partial charge on any atom is -0.339 e. The smallest absolute Gasteiger partial charge is 0.229 e. The summed E-state index contributed by atoms with van der Waals surface area (Å²) in [5, 5.41) is 2.98. The molecule has 0 saturated heterocycles. The Hall–Kier alpha value is -0.950. The third-order valence-corrected chi connectivity index (χ3v) is 4.22. The van der Waals surface area contributed by atoms with Gasteiger partial charge in [-0.05, 0) is 26.3 Å². The lowest BCUT2D eigenvalue weighted by Gasteiger charge is -2.04. The molecule has 1 rings (SSSR count). The lowest BCUT2D eigenvalue weighted by Crippen LogP contribution is -2.09. The summed E-state index contributed by atoms with van der Waals surface area (Å²) in [5.41, 5.74) is 5.42. The van der Waals surface area contributed by atoms with Crippen molar-refractivity contribution in [3.8, 4) is 0 Å². The molecule has 1 aromatic rings. The van der Waals surface area contributed by atoms with Crippen molar-refractivity contribution in [2.45, 2.75) is 37.9 Å². The largest absolute Gasteiger partial charge is 0.339 e. The maximum atomic E-state index is 11.3. The van der Waals surface area contributed by atoms with Crippen LogP contribution >= 0.6 is 0 Å². The van der Waals surface area contributed by atoms with Crippen LogP contribution in [0.1, 0.15) is 49.6 Å². The molecule has 6 nitrogen and oxygen atoms in total. The highest BCUT2D eigenvalue weighted by atomic mass is 32.2. The molecule has 0 bridgehead atoms. The fraction of sp³-hybridized carbons (Fsp3) is 0.800. The molecule has 0 spiro atoms. The monoisotopic (exact) mass is 261 g/mol. The van der Waals surface area contributed by atoms with Crippen LogP contribution in [0.3, 0.4) is 0 Å². The summed E-state index contributed by atoms with van der Waals surface area (Å²) in [7, 11) is -3.19. The molecule has 0 aliphatic rings. The fourth-order valence-electron chi connectivity index (χ4n) is 1.35. The number of nitrogens with zero attached hydrogens (tertiary/aromatic N) is 2. The molecule has 2 N–H and O–H groups in total. The first-order valence-electron chi connectivity index (χ1n) is 5.58. The highest BCUT2D eigenvalue weighted by Gasteiger charge is 2.24. The highest BCUT2D eigenvalue weighted by Crippen LogP contribution is 2.22. The quantitative estimate of drug-likeness (QED) is 0.820. The zero-order chi connectivity index (χ0) is 13.1. The standard InChI is InChI=1S/C10H19N3O3S/c1-7(5-4-6-11)10-12-9(13-16-10)8(2)17(3,14)15/h7-8H,4-6,11H2,1-3H3. The Kier molecular flexibility index (Phi) is 4.64. The van der Waals surface area contributed by atoms with Crippen LogP contribution in [0.4, 0.5) is 0 Å². The number of sulfone groups is 1. The number of hydrogen-bond donors (Lipinski definition) is 1. The molecule has 0 aliphatic heterocycles. The van der Waals surface area contributed by atoms with Crippen LogP contribution < -0.4 is 5.73 Å². The van der Waals surface area contributed by atoms with Gasteiger partial charge in [0.1, 0.15) is 5.25 Å². The average molecular weight is 261 g/mol. The van der Waals surface area contributed by atoms with Crippen molar-refractivity contribution < 1.29 is 12.9 Å². The second kappa shape index (κ2) is 5.59. The molecule has 0 amide bonds. The van der Waals surface area contributed by atoms with Gasteiger partial charge in [0.2, 0.25) is 5.89 Å². The van der Waals surface area contributed by atoms with Gasteiger partial charge in [-0.2, -0.15) is 4.98 Å². The molecule has 0 aliphatic carbocycles. The Balaban J connectivity index is 2.78. The topological polar surface area (TPSA) is 99.1 Å². The summed E-state index contributed by atoms with van der Waals surface area (Å²) in [5.74, 6) is 0.803. The van der Waals surface area contributed by atoms with E-state index < -0.39 is 15.1 Å². The van der Waals surface area contributed by atoms with Gasteiger partial charge in [-0.3, -0.25) is 0 Å². The first-order valence-corrected chi connectivity index (χ1v) is 7.54. The summed E-state index contributed by atoms with van der Waals surface area (Å²) in [6.45, 7) is 4.12. The molecule has 0 fully saturated rings. The third kappa shape index (κ3) is 3.78. The Bertz CT molecular complexity index is 455. The van der Waals surface area contributed by atoms with Gasteiger partial charge in [-0.25, -0.2) is 8.42 Å². The second-order valence-corrected chi connectivity index (χ2v) is 6.66. The normalized spacial score (nSPS) is 15.8. The summed E-state index contributed by atoms with van der Waals surface area (Å²) < 4.78 is 27.8. The molecular weight excluding hydrogens is 242 g/mol.